The van der Waals surface area contributed by atoms with Crippen LogP contribution >= 0.6 is 15.9 Å². The molecule has 0 spiro atoms. The Morgan fingerprint density at radius 2 is 1.79 bits per heavy atom. The zero-order valence-electron chi connectivity index (χ0n) is 9.71. The maximum atomic E-state index is 12.2. The van der Waals surface area contributed by atoms with Gasteiger partial charge in [0.2, 0.25) is 0 Å². The first-order valence-electron chi connectivity index (χ1n) is 5.29. The highest BCUT2D eigenvalue weighted by Crippen LogP contribution is 2.33. The summed E-state index contributed by atoms with van der Waals surface area (Å²) in [6, 6.07) is 5.03. The highest BCUT2D eigenvalue weighted by molar-refractivity contribution is 9.10. The van der Waals surface area contributed by atoms with Crippen molar-refractivity contribution in [2.75, 3.05) is 0 Å². The van der Waals surface area contributed by atoms with Crippen LogP contribution in [0.4, 0.5) is 13.2 Å². The third-order valence-corrected chi connectivity index (χ3v) is 2.96. The van der Waals surface area contributed by atoms with Crippen molar-refractivity contribution in [3.63, 3.8) is 0 Å². The Kier molecular flexibility index (Phi) is 4.90. The van der Waals surface area contributed by atoms with Crippen molar-refractivity contribution in [2.24, 2.45) is 5.41 Å². The lowest BCUT2D eigenvalue weighted by atomic mass is 9.80. The van der Waals surface area contributed by atoms with Crippen molar-refractivity contribution in [3.8, 4) is 12.1 Å². The number of hydrogen-bond acceptors (Lipinski definition) is 3. The molecule has 0 radical (unpaired) electrons. The van der Waals surface area contributed by atoms with Crippen molar-refractivity contribution >= 4 is 15.9 Å². The van der Waals surface area contributed by atoms with E-state index in [1.807, 2.05) is 0 Å². The van der Waals surface area contributed by atoms with Crippen LogP contribution in [0.5, 0.6) is 0 Å². The predicted octanol–water partition coefficient (Wildman–Crippen LogP) is 3.76. The summed E-state index contributed by atoms with van der Waals surface area (Å²) in [5, 5.41) is 18.1. The van der Waals surface area contributed by atoms with E-state index in [0.717, 1.165) is 0 Å². The summed E-state index contributed by atoms with van der Waals surface area (Å²) < 4.78 is 37.3. The van der Waals surface area contributed by atoms with Gasteiger partial charge in [-0.05, 0) is 34.0 Å². The van der Waals surface area contributed by atoms with Gasteiger partial charge in [0.05, 0.1) is 12.1 Å². The number of aromatic nitrogens is 1. The van der Waals surface area contributed by atoms with Gasteiger partial charge < -0.3 is 0 Å². The standard InChI is InChI=1S/C12H9BrF3N3/c13-10-3-9(5-19-6-10)4-11(7-17,8-18)1-2-12(14,15)16/h3,5-6H,1-2,4H2. The third-order valence-electron chi connectivity index (χ3n) is 2.53. The van der Waals surface area contributed by atoms with E-state index >= 15 is 0 Å². The van der Waals surface area contributed by atoms with Crippen molar-refractivity contribution in [1.82, 2.24) is 4.98 Å². The van der Waals surface area contributed by atoms with Gasteiger partial charge in [0, 0.05) is 29.7 Å². The molecule has 1 aromatic heterocycles. The number of halogens is 4. The summed E-state index contributed by atoms with van der Waals surface area (Å²) in [5.41, 5.74) is -1.14. The summed E-state index contributed by atoms with van der Waals surface area (Å²) in [6.45, 7) is 0. The molecule has 1 rings (SSSR count). The Hall–Kier alpha value is -1.60. The van der Waals surface area contributed by atoms with E-state index in [1.54, 1.807) is 18.2 Å². The van der Waals surface area contributed by atoms with Gasteiger partial charge in [-0.1, -0.05) is 0 Å². The molecule has 1 aromatic rings. The smallest absolute Gasteiger partial charge is 0.263 e. The van der Waals surface area contributed by atoms with E-state index in [-0.39, 0.29) is 6.42 Å². The molecule has 0 unspecified atom stereocenters. The highest BCUT2D eigenvalue weighted by atomic mass is 79.9. The Morgan fingerprint density at radius 1 is 1.16 bits per heavy atom. The van der Waals surface area contributed by atoms with Crippen molar-refractivity contribution in [2.45, 2.75) is 25.4 Å². The number of nitrogens with zero attached hydrogens (tertiary/aromatic N) is 3. The molecule has 19 heavy (non-hydrogen) atoms. The molecule has 0 amide bonds. The zero-order chi connectivity index (χ0) is 14.5. The van der Waals surface area contributed by atoms with Crippen molar-refractivity contribution < 1.29 is 13.2 Å². The number of rotatable bonds is 4. The van der Waals surface area contributed by atoms with Crippen LogP contribution in [0.25, 0.3) is 0 Å². The van der Waals surface area contributed by atoms with E-state index in [4.69, 9.17) is 10.5 Å². The average molecular weight is 332 g/mol. The maximum absolute atomic E-state index is 12.2. The molecule has 0 aliphatic heterocycles. The topological polar surface area (TPSA) is 60.5 Å². The molecule has 0 saturated heterocycles. The van der Waals surface area contributed by atoms with Crippen LogP contribution in [0.2, 0.25) is 0 Å². The first-order chi connectivity index (χ1) is 8.80. The quantitative estimate of drug-likeness (QED) is 0.843. The second-order valence-corrected chi connectivity index (χ2v) is 5.02. The summed E-state index contributed by atoms with van der Waals surface area (Å²) >= 11 is 3.18. The van der Waals surface area contributed by atoms with Crippen LogP contribution in [0.1, 0.15) is 18.4 Å². The zero-order valence-corrected chi connectivity index (χ0v) is 11.3. The lowest BCUT2D eigenvalue weighted by Gasteiger charge is -2.19. The molecule has 0 aliphatic rings. The van der Waals surface area contributed by atoms with Gasteiger partial charge in [0.1, 0.15) is 5.41 Å². The molecule has 100 valence electrons. The number of hydrogen-bond donors (Lipinski definition) is 0. The largest absolute Gasteiger partial charge is 0.389 e. The Morgan fingerprint density at radius 3 is 2.26 bits per heavy atom. The normalized spacial score (nSPS) is 11.7. The second kappa shape index (κ2) is 6.03. The Bertz CT molecular complexity index is 514. The monoisotopic (exact) mass is 331 g/mol. The molecular formula is C12H9BrF3N3. The molecule has 0 bridgehead atoms. The first-order valence-corrected chi connectivity index (χ1v) is 6.08. The predicted molar refractivity (Wildman–Crippen MR) is 64.6 cm³/mol. The molecule has 1 heterocycles. The molecule has 0 aromatic carbocycles. The molecule has 0 atom stereocenters. The molecule has 0 fully saturated rings. The molecule has 0 saturated carbocycles. The minimum atomic E-state index is -4.38. The van der Waals surface area contributed by atoms with Crippen LogP contribution in [-0.2, 0) is 6.42 Å². The number of pyridine rings is 1. The van der Waals surface area contributed by atoms with Gasteiger partial charge in [0.15, 0.2) is 0 Å². The number of nitriles is 2. The van der Waals surface area contributed by atoms with Gasteiger partial charge in [-0.3, -0.25) is 4.98 Å². The SMILES string of the molecule is N#CC(C#N)(CCC(F)(F)F)Cc1cncc(Br)c1. The van der Waals surface area contributed by atoms with E-state index < -0.39 is 24.4 Å². The third kappa shape index (κ3) is 4.88. The molecular weight excluding hydrogens is 323 g/mol. The van der Waals surface area contributed by atoms with Crippen molar-refractivity contribution in [1.29, 1.82) is 10.5 Å². The fourth-order valence-corrected chi connectivity index (χ4v) is 1.97. The molecule has 0 N–H and O–H groups in total. The minimum Gasteiger partial charge on any atom is -0.263 e. The van der Waals surface area contributed by atoms with E-state index in [2.05, 4.69) is 20.9 Å². The highest BCUT2D eigenvalue weighted by Gasteiger charge is 2.37. The minimum absolute atomic E-state index is 0.0808. The fourth-order valence-electron chi connectivity index (χ4n) is 1.56. The summed E-state index contributed by atoms with van der Waals surface area (Å²) in [6.07, 6.45) is -3.22. The number of alkyl halides is 3. The summed E-state index contributed by atoms with van der Waals surface area (Å²) in [4.78, 5) is 3.86. The van der Waals surface area contributed by atoms with Crippen LogP contribution < -0.4 is 0 Å². The van der Waals surface area contributed by atoms with Gasteiger partial charge >= 0.3 is 6.18 Å². The summed E-state index contributed by atoms with van der Waals surface area (Å²) in [5.74, 6) is 0. The fraction of sp³-hybridized carbons (Fsp3) is 0.417. The maximum Gasteiger partial charge on any atom is 0.389 e. The van der Waals surface area contributed by atoms with E-state index in [0.29, 0.717) is 10.0 Å². The molecule has 7 heteroatoms. The Balaban J connectivity index is 2.89. The lowest BCUT2D eigenvalue weighted by Crippen LogP contribution is -2.23. The van der Waals surface area contributed by atoms with E-state index in [1.165, 1.54) is 12.4 Å². The van der Waals surface area contributed by atoms with Gasteiger partial charge in [-0.25, -0.2) is 0 Å². The van der Waals surface area contributed by atoms with Crippen molar-refractivity contribution in [3.05, 3.63) is 28.5 Å². The van der Waals surface area contributed by atoms with E-state index in [9.17, 15) is 13.2 Å². The van der Waals surface area contributed by atoms with Gasteiger partial charge in [-0.2, -0.15) is 23.7 Å². The lowest BCUT2D eigenvalue weighted by molar-refractivity contribution is -0.138. The summed E-state index contributed by atoms with van der Waals surface area (Å²) in [7, 11) is 0. The first kappa shape index (κ1) is 15.5. The van der Waals surface area contributed by atoms with Crippen LogP contribution in [0.3, 0.4) is 0 Å². The average Bonchev–Trinajstić information content (AvgIpc) is 2.34. The van der Waals surface area contributed by atoms with Gasteiger partial charge in [-0.15, -0.1) is 0 Å². The molecule has 3 nitrogen and oxygen atoms in total. The van der Waals surface area contributed by atoms with Crippen LogP contribution in [0, 0.1) is 28.1 Å². The van der Waals surface area contributed by atoms with Crippen LogP contribution in [-0.4, -0.2) is 11.2 Å². The molecule has 0 aliphatic carbocycles. The Labute approximate surface area is 116 Å². The second-order valence-electron chi connectivity index (χ2n) is 4.11. The van der Waals surface area contributed by atoms with Crippen LogP contribution in [0.15, 0.2) is 22.9 Å². The van der Waals surface area contributed by atoms with Gasteiger partial charge in [0.25, 0.3) is 0 Å².